The van der Waals surface area contributed by atoms with E-state index in [2.05, 4.69) is 31.3 Å². The van der Waals surface area contributed by atoms with Gasteiger partial charge in [0, 0.05) is 29.2 Å². The second-order valence-corrected chi connectivity index (χ2v) is 7.85. The van der Waals surface area contributed by atoms with E-state index < -0.39 is 0 Å². The number of nitrogens with zero attached hydrogens (tertiary/aromatic N) is 3. The molecule has 0 aliphatic carbocycles. The molecule has 1 unspecified atom stereocenters. The normalized spacial score (nSPS) is 15.8. The molecule has 2 aromatic heterocycles. The summed E-state index contributed by atoms with van der Waals surface area (Å²) in [5.74, 6) is 1.02. The first-order valence-electron chi connectivity index (χ1n) is 9.07. The molecule has 1 amide bonds. The average Bonchev–Trinajstić information content (AvgIpc) is 2.96. The maximum atomic E-state index is 12.5. The van der Waals surface area contributed by atoms with E-state index in [0.717, 1.165) is 38.1 Å². The number of hydrogen-bond donors (Lipinski definition) is 1. The molecule has 1 aliphatic rings. The van der Waals surface area contributed by atoms with Crippen molar-refractivity contribution in [2.75, 3.05) is 13.2 Å². The standard InChI is InChI=1S/C20H21BrN4O3/c1-11-8-12(2)22-19-18(11)20(24-25(19)3)28-10-17(26)23-15-6-7-27-16-5-4-13(21)9-14(15)16/h4-5,8-9,15H,6-7,10H2,1-3H3,(H,23,26). The fraction of sp³-hybridized carbons (Fsp3) is 0.350. The summed E-state index contributed by atoms with van der Waals surface area (Å²) in [6.45, 7) is 4.38. The molecule has 1 aliphatic heterocycles. The number of fused-ring (bicyclic) bond motifs is 2. The van der Waals surface area contributed by atoms with Crippen molar-refractivity contribution in [2.45, 2.75) is 26.3 Å². The lowest BCUT2D eigenvalue weighted by Crippen LogP contribution is -2.35. The predicted molar refractivity (Wildman–Crippen MR) is 109 cm³/mol. The van der Waals surface area contributed by atoms with Crippen LogP contribution in [0.3, 0.4) is 0 Å². The van der Waals surface area contributed by atoms with Crippen molar-refractivity contribution in [1.82, 2.24) is 20.1 Å². The number of hydrogen-bond acceptors (Lipinski definition) is 5. The molecule has 4 rings (SSSR count). The summed E-state index contributed by atoms with van der Waals surface area (Å²) in [5, 5.41) is 8.25. The summed E-state index contributed by atoms with van der Waals surface area (Å²) >= 11 is 3.47. The lowest BCUT2D eigenvalue weighted by Gasteiger charge is -2.26. The van der Waals surface area contributed by atoms with Gasteiger partial charge in [0.15, 0.2) is 12.3 Å². The van der Waals surface area contributed by atoms with Gasteiger partial charge in [-0.05, 0) is 43.7 Å². The largest absolute Gasteiger partial charge is 0.493 e. The summed E-state index contributed by atoms with van der Waals surface area (Å²) in [4.78, 5) is 17.0. The SMILES string of the molecule is Cc1cc(C)c2c(OCC(=O)NC3CCOc4ccc(Br)cc43)nn(C)c2n1. The molecule has 7 nitrogen and oxygen atoms in total. The zero-order chi connectivity index (χ0) is 19.8. The molecule has 0 saturated carbocycles. The fourth-order valence-corrected chi connectivity index (χ4v) is 3.91. The molecule has 0 saturated heterocycles. The Bertz CT molecular complexity index is 1060. The molecule has 146 valence electrons. The smallest absolute Gasteiger partial charge is 0.258 e. The van der Waals surface area contributed by atoms with Gasteiger partial charge in [-0.3, -0.25) is 4.79 Å². The van der Waals surface area contributed by atoms with Crippen molar-refractivity contribution in [1.29, 1.82) is 0 Å². The summed E-state index contributed by atoms with van der Waals surface area (Å²) in [6.07, 6.45) is 0.712. The third-order valence-corrected chi connectivity index (χ3v) is 5.27. The molecule has 1 aromatic carbocycles. The summed E-state index contributed by atoms with van der Waals surface area (Å²) in [5.41, 5.74) is 3.65. The van der Waals surface area contributed by atoms with Crippen LogP contribution in [0.15, 0.2) is 28.7 Å². The van der Waals surface area contributed by atoms with Gasteiger partial charge in [0.2, 0.25) is 5.88 Å². The van der Waals surface area contributed by atoms with Gasteiger partial charge in [-0.15, -0.1) is 5.10 Å². The number of nitrogens with one attached hydrogen (secondary N) is 1. The van der Waals surface area contributed by atoms with Crippen molar-refractivity contribution >= 4 is 32.9 Å². The number of carbonyl (C=O) groups is 1. The molecular formula is C20H21BrN4O3. The van der Waals surface area contributed by atoms with Crippen molar-refractivity contribution < 1.29 is 14.3 Å². The van der Waals surface area contributed by atoms with Crippen LogP contribution in [0.4, 0.5) is 0 Å². The van der Waals surface area contributed by atoms with Crippen LogP contribution >= 0.6 is 15.9 Å². The number of benzene rings is 1. The van der Waals surface area contributed by atoms with E-state index in [1.807, 2.05) is 45.2 Å². The number of carbonyl (C=O) groups excluding carboxylic acids is 1. The van der Waals surface area contributed by atoms with Gasteiger partial charge in [0.05, 0.1) is 18.0 Å². The maximum absolute atomic E-state index is 12.5. The van der Waals surface area contributed by atoms with Gasteiger partial charge in [0.25, 0.3) is 5.91 Å². The van der Waals surface area contributed by atoms with Crippen LogP contribution in [0.5, 0.6) is 11.6 Å². The fourth-order valence-electron chi connectivity index (χ4n) is 3.54. The zero-order valence-corrected chi connectivity index (χ0v) is 17.5. The summed E-state index contributed by atoms with van der Waals surface area (Å²) in [6, 6.07) is 7.68. The first-order valence-corrected chi connectivity index (χ1v) is 9.87. The lowest BCUT2D eigenvalue weighted by molar-refractivity contribution is -0.124. The molecule has 0 fully saturated rings. The Morgan fingerprint density at radius 3 is 3.04 bits per heavy atom. The molecule has 1 atom stereocenters. The highest BCUT2D eigenvalue weighted by atomic mass is 79.9. The van der Waals surface area contributed by atoms with Gasteiger partial charge >= 0.3 is 0 Å². The van der Waals surface area contributed by atoms with Gasteiger partial charge in [-0.2, -0.15) is 0 Å². The summed E-state index contributed by atoms with van der Waals surface area (Å²) in [7, 11) is 1.82. The van der Waals surface area contributed by atoms with E-state index in [1.165, 1.54) is 0 Å². The minimum absolute atomic E-state index is 0.108. The highest BCUT2D eigenvalue weighted by molar-refractivity contribution is 9.10. The van der Waals surface area contributed by atoms with Crippen LogP contribution in [0.1, 0.15) is 29.3 Å². The van der Waals surface area contributed by atoms with Crippen LogP contribution in [-0.4, -0.2) is 33.9 Å². The quantitative estimate of drug-likeness (QED) is 0.667. The summed E-state index contributed by atoms with van der Waals surface area (Å²) < 4.78 is 14.0. The van der Waals surface area contributed by atoms with E-state index in [-0.39, 0.29) is 18.6 Å². The second-order valence-electron chi connectivity index (χ2n) is 6.94. The van der Waals surface area contributed by atoms with Crippen molar-refractivity contribution in [3.8, 4) is 11.6 Å². The third-order valence-electron chi connectivity index (χ3n) is 4.77. The highest BCUT2D eigenvalue weighted by Gasteiger charge is 2.24. The average molecular weight is 445 g/mol. The second kappa shape index (κ2) is 7.43. The Labute approximate surface area is 171 Å². The molecule has 0 radical (unpaired) electrons. The van der Waals surface area contributed by atoms with Gasteiger partial charge < -0.3 is 14.8 Å². The minimum atomic E-state index is -0.200. The molecule has 3 heterocycles. The van der Waals surface area contributed by atoms with E-state index >= 15 is 0 Å². The van der Waals surface area contributed by atoms with Gasteiger partial charge in [-0.25, -0.2) is 9.67 Å². The van der Waals surface area contributed by atoms with Crippen LogP contribution in [0, 0.1) is 13.8 Å². The number of rotatable bonds is 4. The van der Waals surface area contributed by atoms with E-state index in [0.29, 0.717) is 18.9 Å². The monoisotopic (exact) mass is 444 g/mol. The Morgan fingerprint density at radius 2 is 2.21 bits per heavy atom. The first-order chi connectivity index (χ1) is 13.4. The molecule has 0 spiro atoms. The van der Waals surface area contributed by atoms with Crippen molar-refractivity contribution in [3.63, 3.8) is 0 Å². The minimum Gasteiger partial charge on any atom is -0.493 e. The number of pyridine rings is 1. The Balaban J connectivity index is 1.48. The Morgan fingerprint density at radius 1 is 1.39 bits per heavy atom. The van der Waals surface area contributed by atoms with Crippen LogP contribution in [0.2, 0.25) is 0 Å². The first kappa shape index (κ1) is 18.7. The number of halogens is 1. The topological polar surface area (TPSA) is 78.3 Å². The van der Waals surface area contributed by atoms with Crippen molar-refractivity contribution in [3.05, 3.63) is 45.6 Å². The molecular weight excluding hydrogens is 424 g/mol. The van der Waals surface area contributed by atoms with Crippen LogP contribution in [0.25, 0.3) is 11.0 Å². The molecule has 1 N–H and O–H groups in total. The number of ether oxygens (including phenoxy) is 2. The molecule has 3 aromatic rings. The van der Waals surface area contributed by atoms with Crippen LogP contribution < -0.4 is 14.8 Å². The zero-order valence-electron chi connectivity index (χ0n) is 16.0. The maximum Gasteiger partial charge on any atom is 0.258 e. The molecule has 28 heavy (non-hydrogen) atoms. The Hall–Kier alpha value is -2.61. The van der Waals surface area contributed by atoms with E-state index in [1.54, 1.807) is 4.68 Å². The number of aromatic nitrogens is 3. The van der Waals surface area contributed by atoms with Crippen molar-refractivity contribution in [2.24, 2.45) is 7.05 Å². The van der Waals surface area contributed by atoms with E-state index in [9.17, 15) is 4.79 Å². The lowest BCUT2D eigenvalue weighted by atomic mass is 10.0. The van der Waals surface area contributed by atoms with E-state index in [4.69, 9.17) is 9.47 Å². The highest BCUT2D eigenvalue weighted by Crippen LogP contribution is 2.34. The van der Waals surface area contributed by atoms with Crippen LogP contribution in [-0.2, 0) is 11.8 Å². The third kappa shape index (κ3) is 3.56. The molecule has 8 heteroatoms. The number of amides is 1. The van der Waals surface area contributed by atoms with Gasteiger partial charge in [-0.1, -0.05) is 15.9 Å². The number of aryl methyl sites for hydroxylation is 3. The predicted octanol–water partition coefficient (Wildman–Crippen LogP) is 3.37. The van der Waals surface area contributed by atoms with Gasteiger partial charge in [0.1, 0.15) is 5.75 Å². The Kier molecular flexibility index (Phi) is 4.97. The molecule has 0 bridgehead atoms.